The average Bonchev–Trinajstić information content (AvgIpc) is 2.97. The monoisotopic (exact) mass is 375 g/mol. The second-order valence-electron chi connectivity index (χ2n) is 7.14. The van der Waals surface area contributed by atoms with Gasteiger partial charge in [0.25, 0.3) is 0 Å². The van der Waals surface area contributed by atoms with E-state index in [2.05, 4.69) is 84.9 Å². The topological polar surface area (TPSA) is 21.6 Å². The van der Waals surface area contributed by atoms with E-state index in [0.29, 0.717) is 6.54 Å². The molecule has 1 aliphatic heterocycles. The van der Waals surface area contributed by atoms with Gasteiger partial charge in [0.15, 0.2) is 0 Å². The maximum absolute atomic E-state index is 5.55. The van der Waals surface area contributed by atoms with Crippen LogP contribution in [0.4, 0.5) is 0 Å². The maximum atomic E-state index is 5.55. The van der Waals surface area contributed by atoms with Crippen molar-refractivity contribution in [3.8, 4) is 28.0 Å². The highest BCUT2D eigenvalue weighted by Crippen LogP contribution is 2.39. The van der Waals surface area contributed by atoms with Gasteiger partial charge in [0.1, 0.15) is 5.75 Å². The lowest BCUT2D eigenvalue weighted by Crippen LogP contribution is -2.04. The fourth-order valence-electron chi connectivity index (χ4n) is 4.06. The number of methoxy groups -OCH3 is 1. The molecule has 0 radical (unpaired) electrons. The lowest BCUT2D eigenvalue weighted by molar-refractivity contribution is 0.415. The molecule has 0 amide bonds. The van der Waals surface area contributed by atoms with E-state index >= 15 is 0 Å². The summed E-state index contributed by atoms with van der Waals surface area (Å²) in [7, 11) is 1.71. The summed E-state index contributed by atoms with van der Waals surface area (Å²) in [5.41, 5.74) is 9.38. The molecule has 29 heavy (non-hydrogen) atoms. The van der Waals surface area contributed by atoms with E-state index in [-0.39, 0.29) is 0 Å². The second-order valence-corrected chi connectivity index (χ2v) is 7.14. The summed E-state index contributed by atoms with van der Waals surface area (Å²) in [6.45, 7) is 0.641. The van der Waals surface area contributed by atoms with E-state index < -0.39 is 0 Å². The molecule has 0 atom stereocenters. The highest BCUT2D eigenvalue weighted by atomic mass is 16.5. The first-order valence-electron chi connectivity index (χ1n) is 9.81. The van der Waals surface area contributed by atoms with Gasteiger partial charge in [-0.3, -0.25) is 4.99 Å². The molecule has 0 aromatic heterocycles. The molecule has 0 N–H and O–H groups in total. The smallest absolute Gasteiger partial charge is 0.119 e. The highest BCUT2D eigenvalue weighted by Gasteiger charge is 2.21. The number of hydrogen-bond donors (Lipinski definition) is 0. The molecular weight excluding hydrogens is 354 g/mol. The first kappa shape index (κ1) is 17.4. The summed E-state index contributed by atoms with van der Waals surface area (Å²) in [5.74, 6) is 0.856. The fourth-order valence-corrected chi connectivity index (χ4v) is 4.06. The summed E-state index contributed by atoms with van der Waals surface area (Å²) in [4.78, 5) is 5.09. The first-order valence-corrected chi connectivity index (χ1v) is 9.81. The third kappa shape index (κ3) is 3.13. The van der Waals surface area contributed by atoms with Crippen LogP contribution in [0.25, 0.3) is 22.3 Å². The second kappa shape index (κ2) is 7.40. The van der Waals surface area contributed by atoms with Crippen molar-refractivity contribution in [3.63, 3.8) is 0 Å². The molecular formula is C27H21NO. The van der Waals surface area contributed by atoms with Gasteiger partial charge >= 0.3 is 0 Å². The van der Waals surface area contributed by atoms with Crippen LogP contribution in [0.2, 0.25) is 0 Å². The first-order chi connectivity index (χ1) is 14.3. The Balaban J connectivity index is 1.78. The van der Waals surface area contributed by atoms with Gasteiger partial charge in [0, 0.05) is 11.1 Å². The van der Waals surface area contributed by atoms with Crippen LogP contribution in [-0.4, -0.2) is 12.8 Å². The van der Waals surface area contributed by atoms with Crippen molar-refractivity contribution in [2.45, 2.75) is 6.54 Å². The Morgan fingerprint density at radius 2 is 1.31 bits per heavy atom. The van der Waals surface area contributed by atoms with E-state index in [1.807, 2.05) is 12.1 Å². The third-order valence-corrected chi connectivity index (χ3v) is 5.48. The molecule has 1 aliphatic rings. The quantitative estimate of drug-likeness (QED) is 0.407. The van der Waals surface area contributed by atoms with E-state index in [9.17, 15) is 0 Å². The molecule has 0 unspecified atom stereocenters. The van der Waals surface area contributed by atoms with Crippen LogP contribution in [0.1, 0.15) is 16.7 Å². The zero-order valence-corrected chi connectivity index (χ0v) is 16.3. The molecule has 0 saturated carbocycles. The molecule has 2 heteroatoms. The van der Waals surface area contributed by atoms with E-state index in [1.54, 1.807) is 7.11 Å². The molecule has 0 bridgehead atoms. The van der Waals surface area contributed by atoms with Gasteiger partial charge in [-0.2, -0.15) is 0 Å². The standard InChI is InChI=1S/C27H21NO/c1-29-21-15-16-24-25(17-21)23-14-8-13-22(19-9-4-2-5-10-19)26(23)18-28-27(24)20-11-6-3-7-12-20/h2-17H,18H2,1H3. The molecule has 4 aromatic carbocycles. The minimum atomic E-state index is 0.641. The number of benzene rings is 4. The van der Waals surface area contributed by atoms with Crippen molar-refractivity contribution in [2.24, 2.45) is 4.99 Å². The van der Waals surface area contributed by atoms with Crippen molar-refractivity contribution in [1.29, 1.82) is 0 Å². The Labute approximate surface area is 171 Å². The molecule has 0 aliphatic carbocycles. The van der Waals surface area contributed by atoms with Gasteiger partial charge in [-0.15, -0.1) is 0 Å². The molecule has 2 nitrogen and oxygen atoms in total. The Morgan fingerprint density at radius 1 is 0.621 bits per heavy atom. The van der Waals surface area contributed by atoms with Crippen molar-refractivity contribution < 1.29 is 4.74 Å². The summed E-state index contributed by atoms with van der Waals surface area (Å²) < 4.78 is 5.55. The van der Waals surface area contributed by atoms with Crippen LogP contribution in [0.15, 0.2) is 102 Å². The number of nitrogens with zero attached hydrogens (tertiary/aromatic N) is 1. The largest absolute Gasteiger partial charge is 0.497 e. The van der Waals surface area contributed by atoms with Crippen molar-refractivity contribution >= 4 is 5.71 Å². The molecule has 140 valence electrons. The fraction of sp³-hybridized carbons (Fsp3) is 0.0741. The van der Waals surface area contributed by atoms with Gasteiger partial charge in [-0.25, -0.2) is 0 Å². The van der Waals surface area contributed by atoms with Crippen molar-refractivity contribution in [1.82, 2.24) is 0 Å². The van der Waals surface area contributed by atoms with Crippen LogP contribution >= 0.6 is 0 Å². The molecule has 5 rings (SSSR count). The van der Waals surface area contributed by atoms with Crippen LogP contribution in [0.3, 0.4) is 0 Å². The van der Waals surface area contributed by atoms with Gasteiger partial charge in [0.05, 0.1) is 19.4 Å². The Kier molecular flexibility index (Phi) is 4.45. The highest BCUT2D eigenvalue weighted by molar-refractivity contribution is 6.17. The summed E-state index contributed by atoms with van der Waals surface area (Å²) in [6.07, 6.45) is 0. The molecule has 0 saturated heterocycles. The number of ether oxygens (including phenoxy) is 1. The van der Waals surface area contributed by atoms with Gasteiger partial charge in [-0.05, 0) is 46.0 Å². The Morgan fingerprint density at radius 3 is 2.03 bits per heavy atom. The molecule has 1 heterocycles. The van der Waals surface area contributed by atoms with Crippen LogP contribution < -0.4 is 4.74 Å². The molecule has 0 spiro atoms. The van der Waals surface area contributed by atoms with Crippen LogP contribution in [0, 0.1) is 0 Å². The summed E-state index contributed by atoms with van der Waals surface area (Å²) >= 11 is 0. The minimum absolute atomic E-state index is 0.641. The maximum Gasteiger partial charge on any atom is 0.119 e. The molecule has 0 fully saturated rings. The van der Waals surface area contributed by atoms with Gasteiger partial charge < -0.3 is 4.74 Å². The minimum Gasteiger partial charge on any atom is -0.497 e. The number of hydrogen-bond acceptors (Lipinski definition) is 2. The predicted molar refractivity (Wildman–Crippen MR) is 120 cm³/mol. The summed E-state index contributed by atoms with van der Waals surface area (Å²) in [6, 6.07) is 33.8. The normalized spacial score (nSPS) is 12.4. The lowest BCUT2D eigenvalue weighted by atomic mass is 9.89. The van der Waals surface area contributed by atoms with Gasteiger partial charge in [0.2, 0.25) is 0 Å². The van der Waals surface area contributed by atoms with Crippen molar-refractivity contribution in [2.75, 3.05) is 7.11 Å². The van der Waals surface area contributed by atoms with Gasteiger partial charge in [-0.1, -0.05) is 78.9 Å². The number of rotatable bonds is 3. The zero-order valence-electron chi connectivity index (χ0n) is 16.3. The predicted octanol–water partition coefficient (Wildman–Crippen LogP) is 6.38. The summed E-state index contributed by atoms with van der Waals surface area (Å²) in [5, 5.41) is 0. The Bertz CT molecular complexity index is 1190. The van der Waals surface area contributed by atoms with E-state index in [4.69, 9.17) is 9.73 Å². The van der Waals surface area contributed by atoms with Crippen LogP contribution in [0.5, 0.6) is 5.75 Å². The third-order valence-electron chi connectivity index (χ3n) is 5.48. The van der Waals surface area contributed by atoms with E-state index in [1.165, 1.54) is 22.3 Å². The van der Waals surface area contributed by atoms with Crippen LogP contribution in [-0.2, 0) is 6.54 Å². The molecule has 4 aromatic rings. The van der Waals surface area contributed by atoms with E-state index in [0.717, 1.165) is 28.2 Å². The van der Waals surface area contributed by atoms with Crippen molar-refractivity contribution in [3.05, 3.63) is 114 Å². The lowest BCUT2D eigenvalue weighted by Gasteiger charge is -2.15. The SMILES string of the molecule is COc1ccc2c(c1)-c1cccc(-c3ccccc3)c1CN=C2c1ccccc1. The average molecular weight is 375 g/mol. The number of aliphatic imine (C=N–C) groups is 1. The number of fused-ring (bicyclic) bond motifs is 3. The Hall–Kier alpha value is -3.65. The zero-order chi connectivity index (χ0) is 19.6.